The number of amides is 1. The Hall–Kier alpha value is -3.22. The minimum atomic E-state index is -0.493. The van der Waals surface area contributed by atoms with Crippen LogP contribution in [-0.2, 0) is 4.79 Å². The van der Waals surface area contributed by atoms with Crippen LogP contribution in [0.25, 0.3) is 6.08 Å². The number of carbonyl (C=O) groups excluding carboxylic acids is 1. The number of aryl methyl sites for hydroxylation is 1. The lowest BCUT2D eigenvalue weighted by atomic mass is 10.1. The molecule has 2 aromatic rings. The van der Waals surface area contributed by atoms with Gasteiger partial charge in [-0.2, -0.15) is 5.26 Å². The first-order valence-corrected chi connectivity index (χ1v) is 9.30. The van der Waals surface area contributed by atoms with Crippen molar-refractivity contribution in [2.45, 2.75) is 13.8 Å². The van der Waals surface area contributed by atoms with Gasteiger partial charge < -0.3 is 14.8 Å². The number of terminal acetylenes is 1. The summed E-state index contributed by atoms with van der Waals surface area (Å²) >= 11 is 3.42. The summed E-state index contributed by atoms with van der Waals surface area (Å²) < 4.78 is 11.7. The third kappa shape index (κ3) is 5.64. The van der Waals surface area contributed by atoms with E-state index >= 15 is 0 Å². The summed E-state index contributed by atoms with van der Waals surface area (Å²) in [6.45, 7) is 4.31. The molecule has 0 aliphatic carbocycles. The number of nitriles is 1. The van der Waals surface area contributed by atoms with E-state index in [4.69, 9.17) is 15.9 Å². The Bertz CT molecular complexity index is 967. The lowest BCUT2D eigenvalue weighted by molar-refractivity contribution is -0.112. The van der Waals surface area contributed by atoms with Crippen molar-refractivity contribution >= 4 is 33.6 Å². The molecule has 0 radical (unpaired) electrons. The van der Waals surface area contributed by atoms with Crippen molar-refractivity contribution in [2.24, 2.45) is 0 Å². The number of hydrogen-bond acceptors (Lipinski definition) is 4. The Kier molecular flexibility index (Phi) is 7.68. The summed E-state index contributed by atoms with van der Waals surface area (Å²) in [7, 11) is 0. The molecular weight excluding hydrogens is 420 g/mol. The van der Waals surface area contributed by atoms with E-state index in [1.807, 2.05) is 32.0 Å². The Labute approximate surface area is 173 Å². The molecule has 0 saturated heterocycles. The molecule has 142 valence electrons. The van der Waals surface area contributed by atoms with Crippen LogP contribution in [0, 0.1) is 30.6 Å². The van der Waals surface area contributed by atoms with E-state index < -0.39 is 5.91 Å². The van der Waals surface area contributed by atoms with E-state index in [9.17, 15) is 10.1 Å². The molecule has 2 rings (SSSR count). The standard InChI is InChI=1S/C22H19BrN2O3/c1-4-10-28-21-19(23)12-16(13-20(21)27-5-2)11-17(14-24)22(26)25-18-8-6-15(3)7-9-18/h1,6-9,11-13H,5,10H2,2-3H3,(H,25,26)/b17-11+. The van der Waals surface area contributed by atoms with Crippen molar-refractivity contribution in [3.63, 3.8) is 0 Å². The van der Waals surface area contributed by atoms with E-state index in [1.54, 1.807) is 24.3 Å². The molecule has 0 spiro atoms. The first kappa shape index (κ1) is 21.1. The molecule has 0 bridgehead atoms. The van der Waals surface area contributed by atoms with Gasteiger partial charge in [0.1, 0.15) is 18.2 Å². The van der Waals surface area contributed by atoms with Crippen molar-refractivity contribution < 1.29 is 14.3 Å². The Balaban J connectivity index is 2.32. The van der Waals surface area contributed by atoms with Crippen molar-refractivity contribution in [2.75, 3.05) is 18.5 Å². The van der Waals surface area contributed by atoms with E-state index in [1.165, 1.54) is 6.08 Å². The summed E-state index contributed by atoms with van der Waals surface area (Å²) in [5.41, 5.74) is 2.27. The largest absolute Gasteiger partial charge is 0.490 e. The molecule has 0 saturated carbocycles. The Morgan fingerprint density at radius 2 is 2.00 bits per heavy atom. The summed E-state index contributed by atoms with van der Waals surface area (Å²) in [5, 5.41) is 12.1. The minimum absolute atomic E-state index is 0.0350. The topological polar surface area (TPSA) is 71.3 Å². The molecular formula is C22H19BrN2O3. The molecule has 2 aromatic carbocycles. The number of carbonyl (C=O) groups is 1. The number of ether oxygens (including phenoxy) is 2. The van der Waals surface area contributed by atoms with Crippen LogP contribution in [0.2, 0.25) is 0 Å². The average Bonchev–Trinajstić information content (AvgIpc) is 2.67. The van der Waals surface area contributed by atoms with Crippen LogP contribution < -0.4 is 14.8 Å². The van der Waals surface area contributed by atoms with E-state index in [2.05, 4.69) is 27.2 Å². The molecule has 0 fully saturated rings. The number of anilines is 1. The van der Waals surface area contributed by atoms with Crippen molar-refractivity contribution in [3.8, 4) is 29.9 Å². The normalized spacial score (nSPS) is 10.5. The van der Waals surface area contributed by atoms with Gasteiger partial charge in [-0.3, -0.25) is 4.79 Å². The van der Waals surface area contributed by atoms with Crippen molar-refractivity contribution in [1.82, 2.24) is 0 Å². The maximum atomic E-state index is 12.4. The number of nitrogens with zero attached hydrogens (tertiary/aromatic N) is 1. The highest BCUT2D eigenvalue weighted by atomic mass is 79.9. The molecule has 0 heterocycles. The van der Waals surface area contributed by atoms with Gasteiger partial charge in [0.2, 0.25) is 0 Å². The zero-order valence-electron chi connectivity index (χ0n) is 15.6. The zero-order chi connectivity index (χ0) is 20.5. The van der Waals surface area contributed by atoms with Gasteiger partial charge in [-0.15, -0.1) is 6.42 Å². The third-order valence-electron chi connectivity index (χ3n) is 3.62. The summed E-state index contributed by atoms with van der Waals surface area (Å²) in [5.74, 6) is 2.85. The van der Waals surface area contributed by atoms with Gasteiger partial charge in [0.15, 0.2) is 11.5 Å². The number of nitrogens with one attached hydrogen (secondary N) is 1. The summed E-state index contributed by atoms with van der Waals surface area (Å²) in [4.78, 5) is 12.4. The van der Waals surface area contributed by atoms with Gasteiger partial charge in [0.25, 0.3) is 5.91 Å². The maximum Gasteiger partial charge on any atom is 0.266 e. The van der Waals surface area contributed by atoms with Crippen LogP contribution in [0.1, 0.15) is 18.1 Å². The Morgan fingerprint density at radius 3 is 2.61 bits per heavy atom. The van der Waals surface area contributed by atoms with Crippen LogP contribution in [0.5, 0.6) is 11.5 Å². The molecule has 1 N–H and O–H groups in total. The van der Waals surface area contributed by atoms with Gasteiger partial charge in [0, 0.05) is 5.69 Å². The van der Waals surface area contributed by atoms with Gasteiger partial charge in [-0.05, 0) is 65.7 Å². The van der Waals surface area contributed by atoms with Crippen molar-refractivity contribution in [3.05, 3.63) is 57.6 Å². The predicted octanol–water partition coefficient (Wildman–Crippen LogP) is 4.71. The molecule has 0 aromatic heterocycles. The Morgan fingerprint density at radius 1 is 1.29 bits per heavy atom. The van der Waals surface area contributed by atoms with Crippen LogP contribution >= 0.6 is 15.9 Å². The fourth-order valence-electron chi connectivity index (χ4n) is 2.34. The summed E-state index contributed by atoms with van der Waals surface area (Å²) in [6, 6.07) is 12.7. The lowest BCUT2D eigenvalue weighted by Crippen LogP contribution is -2.13. The SMILES string of the molecule is C#CCOc1c(Br)cc(/C=C(\C#N)C(=O)Nc2ccc(C)cc2)cc1OCC. The predicted molar refractivity (Wildman–Crippen MR) is 113 cm³/mol. The smallest absolute Gasteiger partial charge is 0.266 e. The molecule has 6 heteroatoms. The molecule has 28 heavy (non-hydrogen) atoms. The van der Waals surface area contributed by atoms with Gasteiger partial charge in [0.05, 0.1) is 11.1 Å². The molecule has 5 nitrogen and oxygen atoms in total. The van der Waals surface area contributed by atoms with Crippen LogP contribution in [0.4, 0.5) is 5.69 Å². The number of benzene rings is 2. The van der Waals surface area contributed by atoms with E-state index in [0.29, 0.717) is 33.8 Å². The van der Waals surface area contributed by atoms with Crippen LogP contribution in [0.3, 0.4) is 0 Å². The quantitative estimate of drug-likeness (QED) is 0.385. The highest BCUT2D eigenvalue weighted by Gasteiger charge is 2.14. The lowest BCUT2D eigenvalue weighted by Gasteiger charge is -2.13. The first-order chi connectivity index (χ1) is 13.5. The van der Waals surface area contributed by atoms with Crippen LogP contribution in [-0.4, -0.2) is 19.1 Å². The fraction of sp³-hybridized carbons (Fsp3) is 0.182. The number of hydrogen-bond donors (Lipinski definition) is 1. The maximum absolute atomic E-state index is 12.4. The van der Waals surface area contributed by atoms with Crippen molar-refractivity contribution in [1.29, 1.82) is 5.26 Å². The summed E-state index contributed by atoms with van der Waals surface area (Å²) in [6.07, 6.45) is 6.74. The monoisotopic (exact) mass is 438 g/mol. The van der Waals surface area contributed by atoms with Gasteiger partial charge in [-0.1, -0.05) is 23.6 Å². The molecule has 0 aliphatic heterocycles. The third-order valence-corrected chi connectivity index (χ3v) is 4.21. The second-order valence-electron chi connectivity index (χ2n) is 5.75. The molecule has 0 atom stereocenters. The highest BCUT2D eigenvalue weighted by Crippen LogP contribution is 2.37. The zero-order valence-corrected chi connectivity index (χ0v) is 17.2. The number of rotatable bonds is 7. The molecule has 0 unspecified atom stereocenters. The average molecular weight is 439 g/mol. The second-order valence-corrected chi connectivity index (χ2v) is 6.60. The number of halogens is 1. The van der Waals surface area contributed by atoms with Crippen LogP contribution in [0.15, 0.2) is 46.4 Å². The molecule has 1 amide bonds. The fourth-order valence-corrected chi connectivity index (χ4v) is 2.91. The van der Waals surface area contributed by atoms with E-state index in [0.717, 1.165) is 5.56 Å². The molecule has 0 aliphatic rings. The second kappa shape index (κ2) is 10.2. The van der Waals surface area contributed by atoms with E-state index in [-0.39, 0.29) is 12.2 Å². The first-order valence-electron chi connectivity index (χ1n) is 8.51. The van der Waals surface area contributed by atoms with Gasteiger partial charge in [-0.25, -0.2) is 0 Å². The highest BCUT2D eigenvalue weighted by molar-refractivity contribution is 9.10. The van der Waals surface area contributed by atoms with Gasteiger partial charge >= 0.3 is 0 Å². The minimum Gasteiger partial charge on any atom is -0.490 e.